The number of aliphatic carboxylic acids is 1. The molecule has 1 saturated heterocycles. The summed E-state index contributed by atoms with van der Waals surface area (Å²) in [7, 11) is 1.61. The zero-order valence-corrected chi connectivity index (χ0v) is 15.8. The van der Waals surface area contributed by atoms with Gasteiger partial charge in [0, 0.05) is 36.1 Å². The molecule has 7 nitrogen and oxygen atoms in total. The molecule has 0 atom stereocenters. The Balaban J connectivity index is 1.59. The number of carbonyl (C=O) groups is 2. The molecule has 0 spiro atoms. The van der Waals surface area contributed by atoms with E-state index >= 15 is 0 Å². The molecule has 1 fully saturated rings. The minimum absolute atomic E-state index is 0.0551. The topological polar surface area (TPSA) is 83.2 Å². The van der Waals surface area contributed by atoms with Crippen LogP contribution in [0.3, 0.4) is 0 Å². The summed E-state index contributed by atoms with van der Waals surface area (Å²) >= 11 is 0. The summed E-state index contributed by atoms with van der Waals surface area (Å²) in [6, 6.07) is 5.81. The molecular weight excluding hydrogens is 348 g/mol. The number of methoxy groups -OCH3 is 1. The second kappa shape index (κ2) is 8.43. The predicted molar refractivity (Wildman–Crippen MR) is 101 cm³/mol. The van der Waals surface area contributed by atoms with Crippen molar-refractivity contribution < 1.29 is 23.8 Å². The normalized spacial score (nSPS) is 15.4. The molecule has 0 unspecified atom stereocenters. The Kier molecular flexibility index (Phi) is 6.01. The SMILES string of the molecule is CCN(CC(=O)O)C1CCN(C(=O)Cc2coc3cc(OC)ccc23)CC1. The largest absolute Gasteiger partial charge is 0.497 e. The Morgan fingerprint density at radius 2 is 2.07 bits per heavy atom. The molecule has 0 bridgehead atoms. The van der Waals surface area contributed by atoms with Gasteiger partial charge < -0.3 is 19.2 Å². The summed E-state index contributed by atoms with van der Waals surface area (Å²) in [5, 5.41) is 9.95. The van der Waals surface area contributed by atoms with Crippen LogP contribution in [0.2, 0.25) is 0 Å². The number of furan rings is 1. The third-order valence-corrected chi connectivity index (χ3v) is 5.28. The van der Waals surface area contributed by atoms with Crippen molar-refractivity contribution in [2.75, 3.05) is 33.3 Å². The molecule has 1 aliphatic heterocycles. The molecule has 3 rings (SSSR count). The fourth-order valence-corrected chi connectivity index (χ4v) is 3.76. The summed E-state index contributed by atoms with van der Waals surface area (Å²) in [6.07, 6.45) is 3.55. The number of nitrogens with zero attached hydrogens (tertiary/aromatic N) is 2. The molecular formula is C20H26N2O5. The maximum atomic E-state index is 12.7. The molecule has 146 valence electrons. The van der Waals surface area contributed by atoms with Gasteiger partial charge in [-0.2, -0.15) is 0 Å². The number of likely N-dealkylation sites (tertiary alicyclic amines) is 1. The Hall–Kier alpha value is -2.54. The van der Waals surface area contributed by atoms with Gasteiger partial charge in [0.15, 0.2) is 0 Å². The van der Waals surface area contributed by atoms with Crippen molar-refractivity contribution >= 4 is 22.8 Å². The van der Waals surface area contributed by atoms with Gasteiger partial charge in [0.05, 0.1) is 26.3 Å². The number of fused-ring (bicyclic) bond motifs is 1. The molecule has 1 amide bonds. The number of carboxylic acid groups (broad SMARTS) is 1. The maximum absolute atomic E-state index is 12.7. The van der Waals surface area contributed by atoms with Gasteiger partial charge in [0.1, 0.15) is 11.3 Å². The highest BCUT2D eigenvalue weighted by Gasteiger charge is 2.27. The van der Waals surface area contributed by atoms with E-state index in [1.165, 1.54) is 0 Å². The van der Waals surface area contributed by atoms with Crippen molar-refractivity contribution in [3.05, 3.63) is 30.0 Å². The minimum Gasteiger partial charge on any atom is -0.497 e. The molecule has 0 aliphatic carbocycles. The number of piperidine rings is 1. The lowest BCUT2D eigenvalue weighted by atomic mass is 10.0. The van der Waals surface area contributed by atoms with E-state index in [2.05, 4.69) is 0 Å². The number of hydrogen-bond acceptors (Lipinski definition) is 5. The molecule has 2 heterocycles. The fourth-order valence-electron chi connectivity index (χ4n) is 3.76. The van der Waals surface area contributed by atoms with Gasteiger partial charge in [0.2, 0.25) is 5.91 Å². The molecule has 7 heteroatoms. The van der Waals surface area contributed by atoms with Gasteiger partial charge in [-0.3, -0.25) is 14.5 Å². The average molecular weight is 374 g/mol. The summed E-state index contributed by atoms with van der Waals surface area (Å²) in [5.41, 5.74) is 1.59. The zero-order chi connectivity index (χ0) is 19.4. The lowest BCUT2D eigenvalue weighted by molar-refractivity contribution is -0.140. The van der Waals surface area contributed by atoms with Crippen LogP contribution in [0.4, 0.5) is 0 Å². The van der Waals surface area contributed by atoms with Gasteiger partial charge >= 0.3 is 5.97 Å². The van der Waals surface area contributed by atoms with Crippen LogP contribution in [-0.2, 0) is 16.0 Å². The van der Waals surface area contributed by atoms with Crippen LogP contribution in [0.25, 0.3) is 11.0 Å². The van der Waals surface area contributed by atoms with Crippen LogP contribution in [0, 0.1) is 0 Å². The molecule has 0 radical (unpaired) electrons. The van der Waals surface area contributed by atoms with Crippen molar-refractivity contribution in [1.29, 1.82) is 0 Å². The van der Waals surface area contributed by atoms with Crippen LogP contribution in [0.1, 0.15) is 25.3 Å². The highest BCUT2D eigenvalue weighted by molar-refractivity contribution is 5.88. The third-order valence-electron chi connectivity index (χ3n) is 5.28. The Labute approximate surface area is 158 Å². The second-order valence-corrected chi connectivity index (χ2v) is 6.87. The highest BCUT2D eigenvalue weighted by Crippen LogP contribution is 2.26. The molecule has 1 aliphatic rings. The summed E-state index contributed by atoms with van der Waals surface area (Å²) in [5.74, 6) is -0.00860. The number of carbonyl (C=O) groups excluding carboxylic acids is 1. The van der Waals surface area contributed by atoms with Crippen LogP contribution < -0.4 is 4.74 Å². The summed E-state index contributed by atoms with van der Waals surface area (Å²) in [6.45, 7) is 4.04. The van der Waals surface area contributed by atoms with Crippen molar-refractivity contribution in [2.24, 2.45) is 0 Å². The smallest absolute Gasteiger partial charge is 0.317 e. The number of amides is 1. The van der Waals surface area contributed by atoms with Crippen molar-refractivity contribution in [3.63, 3.8) is 0 Å². The molecule has 1 N–H and O–H groups in total. The fraction of sp³-hybridized carbons (Fsp3) is 0.500. The van der Waals surface area contributed by atoms with Gasteiger partial charge in [0.25, 0.3) is 0 Å². The van der Waals surface area contributed by atoms with Gasteiger partial charge in [-0.15, -0.1) is 0 Å². The minimum atomic E-state index is -0.807. The van der Waals surface area contributed by atoms with Crippen molar-refractivity contribution in [1.82, 2.24) is 9.80 Å². The monoisotopic (exact) mass is 374 g/mol. The van der Waals surface area contributed by atoms with Crippen LogP contribution in [0.15, 0.2) is 28.9 Å². The zero-order valence-electron chi connectivity index (χ0n) is 15.8. The molecule has 2 aromatic rings. The van der Waals surface area contributed by atoms with Crippen LogP contribution >= 0.6 is 0 Å². The van der Waals surface area contributed by atoms with Crippen LogP contribution in [0.5, 0.6) is 5.75 Å². The quantitative estimate of drug-likeness (QED) is 0.801. The number of ether oxygens (including phenoxy) is 1. The Bertz CT molecular complexity index is 808. The first-order valence-corrected chi connectivity index (χ1v) is 9.29. The van der Waals surface area contributed by atoms with E-state index in [4.69, 9.17) is 14.3 Å². The molecule has 27 heavy (non-hydrogen) atoms. The molecule has 1 aromatic carbocycles. The van der Waals surface area contributed by atoms with E-state index in [1.54, 1.807) is 13.4 Å². The number of benzene rings is 1. The van der Waals surface area contributed by atoms with Gasteiger partial charge in [-0.05, 0) is 31.5 Å². The summed E-state index contributed by atoms with van der Waals surface area (Å²) in [4.78, 5) is 27.5. The lowest BCUT2D eigenvalue weighted by Crippen LogP contribution is -2.48. The molecule has 0 saturated carbocycles. The maximum Gasteiger partial charge on any atom is 0.317 e. The first-order chi connectivity index (χ1) is 13.0. The highest BCUT2D eigenvalue weighted by atomic mass is 16.5. The standard InChI is InChI=1S/C20H26N2O5/c1-3-21(12-20(24)25)15-6-8-22(9-7-15)19(23)10-14-13-27-18-11-16(26-2)4-5-17(14)18/h4-5,11,13,15H,3,6-10,12H2,1-2H3,(H,24,25). The predicted octanol–water partition coefficient (Wildman–Crippen LogP) is 2.38. The van der Waals surface area contributed by atoms with E-state index in [9.17, 15) is 9.59 Å². The second-order valence-electron chi connectivity index (χ2n) is 6.87. The van der Waals surface area contributed by atoms with E-state index in [1.807, 2.05) is 34.9 Å². The van der Waals surface area contributed by atoms with E-state index < -0.39 is 5.97 Å². The first-order valence-electron chi connectivity index (χ1n) is 9.29. The third kappa shape index (κ3) is 4.42. The van der Waals surface area contributed by atoms with Crippen LogP contribution in [-0.4, -0.2) is 66.1 Å². The lowest BCUT2D eigenvalue weighted by Gasteiger charge is -2.37. The van der Waals surface area contributed by atoms with Crippen molar-refractivity contribution in [2.45, 2.75) is 32.2 Å². The first kappa shape index (κ1) is 19.2. The number of rotatable bonds is 7. The van der Waals surface area contributed by atoms with E-state index in [-0.39, 0.29) is 18.5 Å². The van der Waals surface area contributed by atoms with Gasteiger partial charge in [-0.1, -0.05) is 6.92 Å². The molecule has 1 aromatic heterocycles. The Morgan fingerprint density at radius 1 is 1.33 bits per heavy atom. The average Bonchev–Trinajstić information content (AvgIpc) is 3.08. The van der Waals surface area contributed by atoms with Crippen molar-refractivity contribution in [3.8, 4) is 5.75 Å². The van der Waals surface area contributed by atoms with E-state index in [0.717, 1.165) is 29.5 Å². The van der Waals surface area contributed by atoms with E-state index in [0.29, 0.717) is 31.6 Å². The number of hydrogen-bond donors (Lipinski definition) is 1. The Morgan fingerprint density at radius 3 is 2.70 bits per heavy atom. The number of likely N-dealkylation sites (N-methyl/N-ethyl adjacent to an activating group) is 1. The van der Waals surface area contributed by atoms with Gasteiger partial charge in [-0.25, -0.2) is 0 Å². The number of carboxylic acids is 1. The summed E-state index contributed by atoms with van der Waals surface area (Å²) < 4.78 is 10.8.